The Bertz CT molecular complexity index is 1600. The van der Waals surface area contributed by atoms with Gasteiger partial charge in [-0.3, -0.25) is 9.59 Å². The van der Waals surface area contributed by atoms with Crippen molar-refractivity contribution < 1.29 is 49.3 Å². The van der Waals surface area contributed by atoms with Gasteiger partial charge in [-0.15, -0.1) is 0 Å². The lowest BCUT2D eigenvalue weighted by atomic mass is 9.99. The first kappa shape index (κ1) is 79.4. The van der Waals surface area contributed by atoms with E-state index in [1.807, 2.05) is 6.08 Å². The molecule has 1 fully saturated rings. The highest BCUT2D eigenvalue weighted by Gasteiger charge is 2.47. The number of carbonyl (C=O) groups excluding carboxylic acids is 2. The fourth-order valence-corrected chi connectivity index (χ4v) is 11.0. The van der Waals surface area contributed by atoms with E-state index >= 15 is 0 Å². The van der Waals surface area contributed by atoms with Gasteiger partial charge in [0.1, 0.15) is 24.4 Å². The quantitative estimate of drug-likeness (QED) is 0.0195. The van der Waals surface area contributed by atoms with Crippen LogP contribution >= 0.6 is 0 Å². The summed E-state index contributed by atoms with van der Waals surface area (Å²) in [6.07, 6.45) is 66.9. The molecule has 1 saturated heterocycles. The van der Waals surface area contributed by atoms with Gasteiger partial charge in [0.2, 0.25) is 5.91 Å². The molecule has 0 aromatic heterocycles. The molecule has 1 aliphatic rings. The predicted octanol–water partition coefficient (Wildman–Crippen LogP) is 18.1. The van der Waals surface area contributed by atoms with E-state index in [-0.39, 0.29) is 19.4 Å². The molecule has 0 aromatic rings. The monoisotopic (exact) mass is 1180 g/mol. The number of ether oxygens (including phenoxy) is 3. The number of allylic oxidation sites excluding steroid dienone is 9. The van der Waals surface area contributed by atoms with Crippen LogP contribution in [0.4, 0.5) is 0 Å². The number of unbranched alkanes of at least 4 members (excludes halogenated alkanes) is 39. The molecule has 0 bridgehead atoms. The summed E-state index contributed by atoms with van der Waals surface area (Å²) < 4.78 is 17.7. The number of nitrogens with one attached hydrogen (secondary N) is 1. The molecule has 11 nitrogen and oxygen atoms in total. The maximum Gasteiger partial charge on any atom is 0.306 e. The van der Waals surface area contributed by atoms with E-state index in [9.17, 15) is 35.1 Å². The minimum atomic E-state index is -1.62. The number of aliphatic hydroxyl groups is 5. The third kappa shape index (κ3) is 47.4. The minimum absolute atomic E-state index is 0.124. The highest BCUT2D eigenvalue weighted by Crippen LogP contribution is 2.26. The molecule has 1 amide bonds. The summed E-state index contributed by atoms with van der Waals surface area (Å²) in [7, 11) is 0. The number of aliphatic hydroxyl groups excluding tert-OH is 5. The molecule has 0 aliphatic carbocycles. The van der Waals surface area contributed by atoms with Crippen LogP contribution < -0.4 is 5.32 Å². The normalized spacial score (nSPS) is 18.8. The Kier molecular flexibility index (Phi) is 57.3. The second-order valence-corrected chi connectivity index (χ2v) is 24.6. The van der Waals surface area contributed by atoms with Gasteiger partial charge < -0.3 is 45.1 Å². The first-order valence-electron chi connectivity index (χ1n) is 35.6. The van der Waals surface area contributed by atoms with Crippen molar-refractivity contribution in [2.45, 2.75) is 378 Å². The Labute approximate surface area is 516 Å². The molecule has 0 saturated carbocycles. The van der Waals surface area contributed by atoms with Crippen molar-refractivity contribution in [3.8, 4) is 0 Å². The Morgan fingerprint density at radius 1 is 0.464 bits per heavy atom. The van der Waals surface area contributed by atoms with Crippen LogP contribution in [0.2, 0.25) is 0 Å². The Morgan fingerprint density at radius 3 is 1.24 bits per heavy atom. The molecule has 84 heavy (non-hydrogen) atoms. The van der Waals surface area contributed by atoms with E-state index in [1.165, 1.54) is 193 Å². The summed E-state index contributed by atoms with van der Waals surface area (Å²) in [6.45, 7) is 5.77. The van der Waals surface area contributed by atoms with Gasteiger partial charge in [-0.2, -0.15) is 0 Å². The number of carbonyl (C=O) groups is 2. The van der Waals surface area contributed by atoms with Crippen LogP contribution in [-0.4, -0.2) is 99.6 Å². The van der Waals surface area contributed by atoms with Gasteiger partial charge in [-0.25, -0.2) is 0 Å². The summed E-state index contributed by atoms with van der Waals surface area (Å²) in [5.74, 6) is -1.19. The summed E-state index contributed by atoms with van der Waals surface area (Å²) in [5.41, 5.74) is 0. The average molecular weight is 1180 g/mol. The SMILES string of the molecule is CCCCC/C=C\C/C=C\CCCCCCCCCCCCCCCCCCCC(=O)OC1C(OCC(NC(=O)C(O)CCCCCCCC/C=C\C/C=C\CCCCC)C(O)/C=C/CCCCCCCCCCCC)OC(CO)C(O)C1O. The van der Waals surface area contributed by atoms with Crippen molar-refractivity contribution in [3.63, 3.8) is 0 Å². The van der Waals surface area contributed by atoms with Gasteiger partial charge in [-0.05, 0) is 89.9 Å². The summed E-state index contributed by atoms with van der Waals surface area (Å²) in [6, 6.07) is -1.03. The highest BCUT2D eigenvalue weighted by molar-refractivity contribution is 5.80. The summed E-state index contributed by atoms with van der Waals surface area (Å²) in [5, 5.41) is 57.2. The molecule has 1 rings (SSSR count). The van der Waals surface area contributed by atoms with Crippen LogP contribution in [0.25, 0.3) is 0 Å². The fraction of sp³-hybridized carbons (Fsp3) is 0.836. The van der Waals surface area contributed by atoms with Crippen molar-refractivity contribution in [1.29, 1.82) is 0 Å². The second-order valence-electron chi connectivity index (χ2n) is 24.6. The van der Waals surface area contributed by atoms with Gasteiger partial charge in [0.05, 0.1) is 25.4 Å². The molecule has 1 heterocycles. The second kappa shape index (κ2) is 60.6. The molecule has 11 heteroatoms. The van der Waals surface area contributed by atoms with Crippen molar-refractivity contribution in [2.75, 3.05) is 13.2 Å². The standard InChI is InChI=1S/C73H133NO10/c1-4-7-10-13-16-19-22-25-27-29-30-31-32-33-34-35-36-37-38-39-41-43-46-49-52-55-58-61-68(78)84-71-70(80)69(79)67(62-75)83-73(71)82-63-64(65(76)59-56-53-50-47-44-24-21-18-15-12-9-6-3)74-72(81)66(77)60-57-54-51-48-45-42-40-28-26-23-20-17-14-11-8-5-2/h16-17,19-20,25-28,56,59,64-67,69-71,73,75-77,79-80H,4-15,18,21-24,29-55,57-58,60-63H2,1-3H3,(H,74,81)/b19-16-,20-17-,27-25-,28-26-,59-56+. The van der Waals surface area contributed by atoms with Crippen molar-refractivity contribution in [3.05, 3.63) is 60.8 Å². The molecule has 6 N–H and O–H groups in total. The lowest BCUT2D eigenvalue weighted by Crippen LogP contribution is -2.61. The van der Waals surface area contributed by atoms with Crippen LogP contribution in [0, 0.1) is 0 Å². The van der Waals surface area contributed by atoms with Gasteiger partial charge in [0.25, 0.3) is 0 Å². The molecule has 8 unspecified atom stereocenters. The third-order valence-electron chi connectivity index (χ3n) is 16.6. The minimum Gasteiger partial charge on any atom is -0.454 e. The molecular weight excluding hydrogens is 1050 g/mol. The molecule has 8 atom stereocenters. The smallest absolute Gasteiger partial charge is 0.306 e. The molecule has 0 aromatic carbocycles. The zero-order valence-corrected chi connectivity index (χ0v) is 54.5. The number of esters is 1. The Morgan fingerprint density at radius 2 is 0.821 bits per heavy atom. The molecular formula is C73H133NO10. The lowest BCUT2D eigenvalue weighted by Gasteiger charge is -2.41. The number of rotatable bonds is 61. The van der Waals surface area contributed by atoms with E-state index in [0.29, 0.717) is 12.8 Å². The van der Waals surface area contributed by atoms with Crippen LogP contribution in [0.5, 0.6) is 0 Å². The zero-order valence-electron chi connectivity index (χ0n) is 54.5. The van der Waals surface area contributed by atoms with Crippen molar-refractivity contribution in [2.24, 2.45) is 0 Å². The van der Waals surface area contributed by atoms with E-state index < -0.39 is 67.4 Å². The Hall–Kier alpha value is -2.64. The van der Waals surface area contributed by atoms with E-state index in [0.717, 1.165) is 89.9 Å². The van der Waals surface area contributed by atoms with Crippen LogP contribution in [0.3, 0.4) is 0 Å². The Balaban J connectivity index is 2.53. The topological polar surface area (TPSA) is 175 Å². The molecule has 0 radical (unpaired) electrons. The molecule has 1 aliphatic heterocycles. The summed E-state index contributed by atoms with van der Waals surface area (Å²) in [4.78, 5) is 26.7. The summed E-state index contributed by atoms with van der Waals surface area (Å²) >= 11 is 0. The lowest BCUT2D eigenvalue weighted by molar-refractivity contribution is -0.305. The predicted molar refractivity (Wildman–Crippen MR) is 352 cm³/mol. The fourth-order valence-electron chi connectivity index (χ4n) is 11.0. The highest BCUT2D eigenvalue weighted by atomic mass is 16.7. The van der Waals surface area contributed by atoms with E-state index in [2.05, 4.69) is 74.7 Å². The van der Waals surface area contributed by atoms with Gasteiger partial charge in [-0.1, -0.05) is 293 Å². The van der Waals surface area contributed by atoms with Crippen molar-refractivity contribution >= 4 is 11.9 Å². The van der Waals surface area contributed by atoms with Crippen LogP contribution in [-0.2, 0) is 23.8 Å². The molecule has 490 valence electrons. The average Bonchev–Trinajstić information content (AvgIpc) is 3.69. The van der Waals surface area contributed by atoms with E-state index in [1.54, 1.807) is 6.08 Å². The van der Waals surface area contributed by atoms with Crippen molar-refractivity contribution in [1.82, 2.24) is 5.32 Å². The zero-order chi connectivity index (χ0) is 61.0. The maximum atomic E-state index is 13.5. The van der Waals surface area contributed by atoms with Crippen LogP contribution in [0.15, 0.2) is 60.8 Å². The number of hydrogen-bond donors (Lipinski definition) is 6. The molecule has 0 spiro atoms. The van der Waals surface area contributed by atoms with Gasteiger partial charge >= 0.3 is 5.97 Å². The first-order valence-corrected chi connectivity index (χ1v) is 35.6. The number of amides is 1. The number of hydrogen-bond acceptors (Lipinski definition) is 10. The van der Waals surface area contributed by atoms with Crippen LogP contribution in [0.1, 0.15) is 329 Å². The largest absolute Gasteiger partial charge is 0.454 e. The van der Waals surface area contributed by atoms with E-state index in [4.69, 9.17) is 14.2 Å². The maximum absolute atomic E-state index is 13.5. The third-order valence-corrected chi connectivity index (χ3v) is 16.6. The van der Waals surface area contributed by atoms with Gasteiger partial charge in [0, 0.05) is 6.42 Å². The first-order chi connectivity index (χ1) is 41.2. The van der Waals surface area contributed by atoms with Gasteiger partial charge in [0.15, 0.2) is 12.4 Å².